The van der Waals surface area contributed by atoms with E-state index in [1.165, 1.54) is 0 Å². The lowest BCUT2D eigenvalue weighted by Crippen LogP contribution is -2.38. The van der Waals surface area contributed by atoms with Gasteiger partial charge in [-0.2, -0.15) is 12.6 Å². The van der Waals surface area contributed by atoms with Crippen LogP contribution in [0.4, 0.5) is 0 Å². The van der Waals surface area contributed by atoms with Crippen LogP contribution in [0, 0.1) is 0 Å². The summed E-state index contributed by atoms with van der Waals surface area (Å²) in [6.45, 7) is 6.62. The monoisotopic (exact) mass is 289 g/mol. The Bertz CT molecular complexity index is 327. The second kappa shape index (κ2) is 6.61. The van der Waals surface area contributed by atoms with Gasteiger partial charge in [-0.1, -0.05) is 33.0 Å². The number of hydrogen-bond acceptors (Lipinski definition) is 5. The molecule has 0 bridgehead atoms. The average Bonchev–Trinajstić information content (AvgIpc) is 2.71. The van der Waals surface area contributed by atoms with Crippen LogP contribution >= 0.6 is 24.8 Å². The highest BCUT2D eigenvalue weighted by Crippen LogP contribution is 2.19. The molecule has 6 heteroatoms. The predicted octanol–water partition coefficient (Wildman–Crippen LogP) is 1.24. The van der Waals surface area contributed by atoms with E-state index in [1.807, 2.05) is 20.8 Å². The lowest BCUT2D eigenvalue weighted by molar-refractivity contribution is -0.260. The van der Waals surface area contributed by atoms with Crippen molar-refractivity contribution in [3.63, 3.8) is 0 Å². The fraction of sp³-hybridized carbons (Fsp3) is 0.833. The number of hydrogen-bond donors (Lipinski definition) is 1. The first-order valence-electron chi connectivity index (χ1n) is 6.14. The molecule has 1 atom stereocenters. The van der Waals surface area contributed by atoms with Gasteiger partial charge < -0.3 is 14.7 Å². The van der Waals surface area contributed by atoms with Crippen LogP contribution in [0.5, 0.6) is 0 Å². The summed E-state index contributed by atoms with van der Waals surface area (Å²) in [5.41, 5.74) is -0.510. The fourth-order valence-electron chi connectivity index (χ4n) is 1.87. The van der Waals surface area contributed by atoms with E-state index in [-0.39, 0.29) is 6.54 Å². The second-order valence-corrected chi connectivity index (χ2v) is 6.20. The quantitative estimate of drug-likeness (QED) is 0.367. The van der Waals surface area contributed by atoms with Crippen LogP contribution in [0.25, 0.3) is 0 Å². The molecule has 0 aliphatic carbocycles. The number of thiocarbonyl (C=S) groups is 1. The van der Waals surface area contributed by atoms with Gasteiger partial charge in [0.2, 0.25) is 0 Å². The SMILES string of the molecule is CC(C)(C)OC([O-])=NCC(=S)N1CCCC1CS. The summed E-state index contributed by atoms with van der Waals surface area (Å²) in [4.78, 5) is 6.68. The number of likely N-dealkylation sites (tertiary alicyclic amines) is 1. The van der Waals surface area contributed by atoms with Crippen LogP contribution in [0.2, 0.25) is 0 Å². The van der Waals surface area contributed by atoms with Gasteiger partial charge in [0.15, 0.2) is 0 Å². The van der Waals surface area contributed by atoms with Crippen molar-refractivity contribution in [1.29, 1.82) is 0 Å². The lowest BCUT2D eigenvalue weighted by Gasteiger charge is -2.30. The molecule has 1 aliphatic heterocycles. The Balaban J connectivity index is 2.47. The van der Waals surface area contributed by atoms with Gasteiger partial charge in [0.25, 0.3) is 0 Å². The van der Waals surface area contributed by atoms with Gasteiger partial charge in [0.1, 0.15) is 11.1 Å². The van der Waals surface area contributed by atoms with Crippen molar-refractivity contribution < 1.29 is 9.84 Å². The number of rotatable bonds is 3. The van der Waals surface area contributed by atoms with Crippen LogP contribution in [0.1, 0.15) is 33.6 Å². The number of ether oxygens (including phenoxy) is 1. The Morgan fingerprint density at radius 2 is 2.22 bits per heavy atom. The Morgan fingerprint density at radius 1 is 1.56 bits per heavy atom. The maximum absolute atomic E-state index is 11.4. The van der Waals surface area contributed by atoms with Crippen LogP contribution < -0.4 is 5.11 Å². The number of thiol groups is 1. The zero-order valence-corrected chi connectivity index (χ0v) is 12.9. The summed E-state index contributed by atoms with van der Waals surface area (Å²) in [5.74, 6) is 0.784. The van der Waals surface area contributed by atoms with Crippen molar-refractivity contribution >= 4 is 35.9 Å². The zero-order valence-electron chi connectivity index (χ0n) is 11.2. The summed E-state index contributed by atoms with van der Waals surface area (Å²) in [7, 11) is 0. The Labute approximate surface area is 120 Å². The molecule has 0 saturated carbocycles. The summed E-state index contributed by atoms with van der Waals surface area (Å²) >= 11 is 9.62. The Morgan fingerprint density at radius 3 is 2.78 bits per heavy atom. The maximum atomic E-state index is 11.4. The molecule has 1 aliphatic rings. The molecule has 4 nitrogen and oxygen atoms in total. The van der Waals surface area contributed by atoms with Crippen LogP contribution in [0.3, 0.4) is 0 Å². The third-order valence-corrected chi connectivity index (χ3v) is 3.43. The third-order valence-electron chi connectivity index (χ3n) is 2.65. The van der Waals surface area contributed by atoms with Crippen LogP contribution in [0.15, 0.2) is 4.99 Å². The highest BCUT2D eigenvalue weighted by atomic mass is 32.1. The van der Waals surface area contributed by atoms with Crippen molar-refractivity contribution in [3.05, 3.63) is 0 Å². The predicted molar refractivity (Wildman–Crippen MR) is 79.3 cm³/mol. The van der Waals surface area contributed by atoms with E-state index < -0.39 is 11.7 Å². The fourth-order valence-corrected chi connectivity index (χ4v) is 2.56. The van der Waals surface area contributed by atoms with Gasteiger partial charge in [0.05, 0.1) is 6.54 Å². The molecule has 0 N–H and O–H groups in total. The van der Waals surface area contributed by atoms with Crippen LogP contribution in [-0.2, 0) is 4.74 Å². The summed E-state index contributed by atoms with van der Waals surface area (Å²) in [6.07, 6.45) is 1.68. The van der Waals surface area contributed by atoms with Crippen molar-refractivity contribution in [2.45, 2.75) is 45.3 Å². The van der Waals surface area contributed by atoms with Crippen molar-refractivity contribution in [3.8, 4) is 0 Å². The van der Waals surface area contributed by atoms with E-state index in [0.29, 0.717) is 11.0 Å². The largest absolute Gasteiger partial charge is 0.595 e. The van der Waals surface area contributed by atoms with Gasteiger partial charge in [-0.3, -0.25) is 4.99 Å². The molecular weight excluding hydrogens is 268 g/mol. The number of aliphatic imine (C=N–C) groups is 1. The Kier molecular flexibility index (Phi) is 5.72. The van der Waals surface area contributed by atoms with E-state index in [9.17, 15) is 5.11 Å². The van der Waals surface area contributed by atoms with Gasteiger partial charge in [-0.25, -0.2) is 0 Å². The molecule has 0 aromatic rings. The van der Waals surface area contributed by atoms with Gasteiger partial charge in [0, 0.05) is 23.9 Å². The number of nitrogens with zero attached hydrogens (tertiary/aromatic N) is 2. The third kappa shape index (κ3) is 5.02. The highest BCUT2D eigenvalue weighted by molar-refractivity contribution is 7.80. The second-order valence-electron chi connectivity index (χ2n) is 5.36. The molecule has 1 unspecified atom stereocenters. The first-order valence-corrected chi connectivity index (χ1v) is 7.18. The summed E-state index contributed by atoms with van der Waals surface area (Å²) < 4.78 is 5.11. The molecule has 0 spiro atoms. The molecule has 1 saturated heterocycles. The Hall–Kier alpha value is -0.490. The van der Waals surface area contributed by atoms with E-state index in [4.69, 9.17) is 17.0 Å². The lowest BCUT2D eigenvalue weighted by atomic mass is 10.2. The molecule has 104 valence electrons. The van der Waals surface area contributed by atoms with Crippen molar-refractivity contribution in [1.82, 2.24) is 4.90 Å². The van der Waals surface area contributed by atoms with E-state index in [1.54, 1.807) is 0 Å². The molecule has 0 radical (unpaired) electrons. The van der Waals surface area contributed by atoms with E-state index >= 15 is 0 Å². The van der Waals surface area contributed by atoms with Crippen LogP contribution in [-0.4, -0.2) is 46.5 Å². The summed E-state index contributed by atoms with van der Waals surface area (Å²) in [5, 5.41) is 11.4. The van der Waals surface area contributed by atoms with Gasteiger partial charge in [-0.15, -0.1) is 0 Å². The maximum Gasteiger partial charge on any atom is 0.146 e. The standard InChI is InChI=1S/C12H22N2O2S2/c1-12(2,3)16-11(15)13-7-10(18)14-6-4-5-9(14)8-17/h9,17H,4-8H2,1-3H3,(H,13,15)/p-1. The van der Waals surface area contributed by atoms with E-state index in [0.717, 1.165) is 25.1 Å². The average molecular weight is 289 g/mol. The normalized spacial score (nSPS) is 21.2. The molecule has 1 fully saturated rings. The molecule has 0 aromatic heterocycles. The topological polar surface area (TPSA) is 47.9 Å². The minimum atomic E-state index is -0.550. The zero-order chi connectivity index (χ0) is 13.8. The first kappa shape index (κ1) is 15.6. The van der Waals surface area contributed by atoms with Gasteiger partial charge in [-0.05, 0) is 12.8 Å². The smallest absolute Gasteiger partial charge is 0.146 e. The molecule has 0 amide bonds. The highest BCUT2D eigenvalue weighted by Gasteiger charge is 2.24. The van der Waals surface area contributed by atoms with Crippen molar-refractivity contribution in [2.75, 3.05) is 18.8 Å². The minimum absolute atomic E-state index is 0.231. The molecule has 0 aromatic carbocycles. The first-order chi connectivity index (χ1) is 8.33. The molecule has 18 heavy (non-hydrogen) atoms. The minimum Gasteiger partial charge on any atom is -0.595 e. The molecule has 1 rings (SSSR count). The molecule has 1 heterocycles. The van der Waals surface area contributed by atoms with E-state index in [2.05, 4.69) is 22.5 Å². The molecular formula is C12H21N2O2S2-. The summed E-state index contributed by atoms with van der Waals surface area (Å²) in [6, 6.07) is 0.384. The van der Waals surface area contributed by atoms with Crippen molar-refractivity contribution in [2.24, 2.45) is 4.99 Å². The van der Waals surface area contributed by atoms with Gasteiger partial charge >= 0.3 is 0 Å².